The second kappa shape index (κ2) is 8.00. The van der Waals surface area contributed by atoms with Gasteiger partial charge in [0.1, 0.15) is 0 Å². The number of nitrogens with two attached hydrogens (primary N) is 1. The molecule has 0 bridgehead atoms. The lowest BCUT2D eigenvalue weighted by molar-refractivity contribution is 0.205. The Bertz CT molecular complexity index is 443. The first-order valence-corrected chi connectivity index (χ1v) is 6.63. The molecule has 5 heteroatoms. The number of nitriles is 1. The molecular weight excluding hydrogens is 262 g/mol. The van der Waals surface area contributed by atoms with Crippen LogP contribution in [0.1, 0.15) is 24.9 Å². The molecule has 1 atom stereocenters. The predicted octanol–water partition coefficient (Wildman–Crippen LogP) is 2.73. The third kappa shape index (κ3) is 4.71. The summed E-state index contributed by atoms with van der Waals surface area (Å²) in [6.07, 6.45) is 0.453. The van der Waals surface area contributed by atoms with Crippen LogP contribution in [0, 0.1) is 11.3 Å². The van der Waals surface area contributed by atoms with Crippen molar-refractivity contribution < 1.29 is 4.74 Å². The number of anilines is 1. The molecule has 0 aliphatic rings. The van der Waals surface area contributed by atoms with Gasteiger partial charge in [-0.25, -0.2) is 0 Å². The van der Waals surface area contributed by atoms with Crippen LogP contribution in [0.2, 0.25) is 5.02 Å². The molecule has 0 saturated carbocycles. The molecule has 4 nitrogen and oxygen atoms in total. The fourth-order valence-electron chi connectivity index (χ4n) is 1.80. The minimum atomic E-state index is -0.0434. The van der Waals surface area contributed by atoms with Gasteiger partial charge in [-0.2, -0.15) is 5.26 Å². The van der Waals surface area contributed by atoms with Crippen LogP contribution in [0.4, 0.5) is 5.69 Å². The van der Waals surface area contributed by atoms with E-state index in [9.17, 15) is 0 Å². The Labute approximate surface area is 119 Å². The van der Waals surface area contributed by atoms with E-state index in [1.807, 2.05) is 25.1 Å². The van der Waals surface area contributed by atoms with Crippen molar-refractivity contribution in [3.8, 4) is 6.07 Å². The Hall–Kier alpha value is -1.28. The lowest BCUT2D eigenvalue weighted by Gasteiger charge is -2.25. The molecule has 0 aliphatic heterocycles. The molecule has 0 saturated heterocycles. The summed E-state index contributed by atoms with van der Waals surface area (Å²) >= 11 is 6.31. The lowest BCUT2D eigenvalue weighted by Crippen LogP contribution is -2.28. The molecule has 0 heterocycles. The van der Waals surface area contributed by atoms with Crippen LogP contribution in [0.3, 0.4) is 0 Å². The van der Waals surface area contributed by atoms with E-state index >= 15 is 0 Å². The third-order valence-corrected chi connectivity index (χ3v) is 3.20. The predicted molar refractivity (Wildman–Crippen MR) is 78.4 cm³/mol. The SMILES string of the molecule is COCCN(CCC#N)c1ccc(C(C)N)cc1Cl. The Kier molecular flexibility index (Phi) is 6.65. The number of ether oxygens (including phenoxy) is 1. The largest absolute Gasteiger partial charge is 0.383 e. The molecule has 19 heavy (non-hydrogen) atoms. The van der Waals surface area contributed by atoms with E-state index in [2.05, 4.69) is 11.0 Å². The highest BCUT2D eigenvalue weighted by atomic mass is 35.5. The van der Waals surface area contributed by atoms with Gasteiger partial charge < -0.3 is 15.4 Å². The minimum absolute atomic E-state index is 0.0434. The maximum Gasteiger partial charge on any atom is 0.0642 e. The molecule has 0 aliphatic carbocycles. The second-order valence-corrected chi connectivity index (χ2v) is 4.79. The van der Waals surface area contributed by atoms with Crippen molar-refractivity contribution in [3.05, 3.63) is 28.8 Å². The standard InChI is InChI=1S/C14H20ClN3O/c1-11(17)12-4-5-14(13(15)10-12)18(7-3-6-16)8-9-19-2/h4-5,10-11H,3,7-9,17H2,1-2H3. The average molecular weight is 282 g/mol. The van der Waals surface area contributed by atoms with Crippen LogP contribution in [-0.4, -0.2) is 26.8 Å². The first-order chi connectivity index (χ1) is 9.10. The second-order valence-electron chi connectivity index (χ2n) is 4.39. The number of rotatable bonds is 7. The molecule has 104 valence electrons. The highest BCUT2D eigenvalue weighted by molar-refractivity contribution is 6.33. The highest BCUT2D eigenvalue weighted by Crippen LogP contribution is 2.28. The summed E-state index contributed by atoms with van der Waals surface area (Å²) in [6, 6.07) is 7.91. The number of hydrogen-bond donors (Lipinski definition) is 1. The topological polar surface area (TPSA) is 62.3 Å². The maximum atomic E-state index is 8.72. The van der Waals surface area contributed by atoms with Crippen LogP contribution in [-0.2, 0) is 4.74 Å². The molecule has 2 N–H and O–H groups in total. The summed E-state index contributed by atoms with van der Waals surface area (Å²) in [5.74, 6) is 0. The van der Waals surface area contributed by atoms with Gasteiger partial charge in [0.15, 0.2) is 0 Å². The van der Waals surface area contributed by atoms with E-state index in [1.54, 1.807) is 7.11 Å². The zero-order chi connectivity index (χ0) is 14.3. The van der Waals surface area contributed by atoms with Crippen molar-refractivity contribution in [1.82, 2.24) is 0 Å². The van der Waals surface area contributed by atoms with Crippen molar-refractivity contribution in [2.75, 3.05) is 31.7 Å². The van der Waals surface area contributed by atoms with Crippen molar-refractivity contribution in [3.63, 3.8) is 0 Å². The fraction of sp³-hybridized carbons (Fsp3) is 0.500. The maximum absolute atomic E-state index is 8.72. The van der Waals surface area contributed by atoms with Gasteiger partial charge in [0.05, 0.1) is 29.8 Å². The first kappa shape index (κ1) is 15.8. The summed E-state index contributed by atoms with van der Waals surface area (Å²) in [5.41, 5.74) is 7.75. The number of halogens is 1. The summed E-state index contributed by atoms with van der Waals surface area (Å²) < 4.78 is 5.09. The monoisotopic (exact) mass is 281 g/mol. The Morgan fingerprint density at radius 2 is 2.21 bits per heavy atom. The van der Waals surface area contributed by atoms with E-state index in [-0.39, 0.29) is 6.04 Å². The normalized spacial score (nSPS) is 11.9. The molecule has 0 spiro atoms. The zero-order valence-corrected chi connectivity index (χ0v) is 12.2. The molecule has 1 rings (SSSR count). The van der Waals surface area contributed by atoms with Gasteiger partial charge in [-0.1, -0.05) is 17.7 Å². The lowest BCUT2D eigenvalue weighted by atomic mass is 10.1. The van der Waals surface area contributed by atoms with E-state index in [1.165, 1.54) is 0 Å². The Morgan fingerprint density at radius 3 is 2.74 bits per heavy atom. The van der Waals surface area contributed by atoms with Crippen molar-refractivity contribution >= 4 is 17.3 Å². The van der Waals surface area contributed by atoms with E-state index in [0.29, 0.717) is 31.1 Å². The smallest absolute Gasteiger partial charge is 0.0642 e. The first-order valence-electron chi connectivity index (χ1n) is 6.26. The average Bonchev–Trinajstić information content (AvgIpc) is 2.39. The van der Waals surface area contributed by atoms with Crippen LogP contribution in [0.15, 0.2) is 18.2 Å². The van der Waals surface area contributed by atoms with Crippen LogP contribution < -0.4 is 10.6 Å². The van der Waals surface area contributed by atoms with Gasteiger partial charge in [-0.3, -0.25) is 0 Å². The summed E-state index contributed by atoms with van der Waals surface area (Å²) in [7, 11) is 1.66. The number of benzene rings is 1. The molecule has 0 aromatic heterocycles. The van der Waals surface area contributed by atoms with Gasteiger partial charge in [0.2, 0.25) is 0 Å². The van der Waals surface area contributed by atoms with Gasteiger partial charge in [-0.15, -0.1) is 0 Å². The molecule has 1 aromatic carbocycles. The van der Waals surface area contributed by atoms with E-state index in [0.717, 1.165) is 11.3 Å². The molecule has 0 fully saturated rings. The number of hydrogen-bond acceptors (Lipinski definition) is 4. The van der Waals surface area contributed by atoms with Crippen molar-refractivity contribution in [2.24, 2.45) is 5.73 Å². The molecule has 0 radical (unpaired) electrons. The van der Waals surface area contributed by atoms with Crippen molar-refractivity contribution in [1.29, 1.82) is 5.26 Å². The Balaban J connectivity index is 2.91. The highest BCUT2D eigenvalue weighted by Gasteiger charge is 2.11. The third-order valence-electron chi connectivity index (χ3n) is 2.90. The minimum Gasteiger partial charge on any atom is -0.383 e. The molecule has 1 aromatic rings. The molecule has 1 unspecified atom stereocenters. The summed E-state index contributed by atoms with van der Waals surface area (Å²) in [6.45, 7) is 3.85. The van der Waals surface area contributed by atoms with Gasteiger partial charge >= 0.3 is 0 Å². The quantitative estimate of drug-likeness (QED) is 0.835. The number of nitrogens with zero attached hydrogens (tertiary/aromatic N) is 2. The fourth-order valence-corrected chi connectivity index (χ4v) is 2.11. The van der Waals surface area contributed by atoms with Gasteiger partial charge in [0.25, 0.3) is 0 Å². The number of methoxy groups -OCH3 is 1. The molecule has 0 amide bonds. The van der Waals surface area contributed by atoms with E-state index < -0.39 is 0 Å². The van der Waals surface area contributed by atoms with Crippen LogP contribution in [0.25, 0.3) is 0 Å². The summed E-state index contributed by atoms with van der Waals surface area (Å²) in [4.78, 5) is 2.06. The zero-order valence-electron chi connectivity index (χ0n) is 11.4. The van der Waals surface area contributed by atoms with Crippen molar-refractivity contribution in [2.45, 2.75) is 19.4 Å². The van der Waals surface area contributed by atoms with Crippen LogP contribution >= 0.6 is 11.6 Å². The Morgan fingerprint density at radius 1 is 1.47 bits per heavy atom. The van der Waals surface area contributed by atoms with E-state index in [4.69, 9.17) is 27.3 Å². The van der Waals surface area contributed by atoms with Gasteiger partial charge in [0, 0.05) is 26.2 Å². The summed E-state index contributed by atoms with van der Waals surface area (Å²) in [5, 5.41) is 9.37. The van der Waals surface area contributed by atoms with Crippen LogP contribution in [0.5, 0.6) is 0 Å². The molecular formula is C14H20ClN3O. The van der Waals surface area contributed by atoms with Gasteiger partial charge in [-0.05, 0) is 24.6 Å².